The Hall–Kier alpha value is -3.02. The van der Waals surface area contributed by atoms with Gasteiger partial charge in [0.25, 0.3) is 5.09 Å². The monoisotopic (exact) mass is 481 g/mol. The number of carbonyl (C=O) groups is 2. The minimum Gasteiger partial charge on any atom is -0.475 e. The molecule has 0 radical (unpaired) electrons. The van der Waals surface area contributed by atoms with Crippen LogP contribution in [0.15, 0.2) is 11.6 Å². The maximum absolute atomic E-state index is 13.6. The van der Waals surface area contributed by atoms with Gasteiger partial charge in [-0.3, -0.25) is 4.79 Å². The standard InChI is InChI=1S/C19H19ClF3NO8/c1-9-7-14-12(10(2)16(9)20)8-13(17(32-14)19(21,22)23)18(26)31-11(3)30-15(25)5-4-6-29-24(27)28/h7-8,11,17H,4-6H2,1-3H3. The van der Waals surface area contributed by atoms with Gasteiger partial charge in [0.1, 0.15) is 5.75 Å². The number of carbonyl (C=O) groups excluding carboxylic acids is 2. The number of rotatable bonds is 8. The minimum absolute atomic E-state index is 0.0497. The molecule has 0 amide bonds. The number of alkyl halides is 3. The third-order valence-corrected chi connectivity index (χ3v) is 4.93. The third-order valence-electron chi connectivity index (χ3n) is 4.34. The van der Waals surface area contributed by atoms with Crippen molar-refractivity contribution in [2.45, 2.75) is 52.2 Å². The summed E-state index contributed by atoms with van der Waals surface area (Å²) in [5.41, 5.74) is 0.287. The topological polar surface area (TPSA) is 114 Å². The van der Waals surface area contributed by atoms with Crippen molar-refractivity contribution in [3.63, 3.8) is 0 Å². The lowest BCUT2D eigenvalue weighted by molar-refractivity contribution is -0.757. The average molecular weight is 482 g/mol. The molecule has 1 heterocycles. The largest absolute Gasteiger partial charge is 0.475 e. The van der Waals surface area contributed by atoms with E-state index in [4.69, 9.17) is 25.8 Å². The molecule has 0 saturated carbocycles. The average Bonchev–Trinajstić information content (AvgIpc) is 2.67. The first-order valence-electron chi connectivity index (χ1n) is 9.23. The number of hydrogen-bond acceptors (Lipinski definition) is 8. The summed E-state index contributed by atoms with van der Waals surface area (Å²) in [4.78, 5) is 38.2. The number of fused-ring (bicyclic) bond motifs is 1. The fraction of sp³-hybridized carbons (Fsp3) is 0.474. The Kier molecular flexibility index (Phi) is 7.94. The molecule has 1 aromatic rings. The van der Waals surface area contributed by atoms with E-state index >= 15 is 0 Å². The first kappa shape index (κ1) is 25.2. The molecule has 13 heteroatoms. The lowest BCUT2D eigenvalue weighted by Gasteiger charge is -2.29. The molecule has 0 fully saturated rings. The van der Waals surface area contributed by atoms with Gasteiger partial charge in [0.15, 0.2) is 0 Å². The Labute approximate surface area is 185 Å². The summed E-state index contributed by atoms with van der Waals surface area (Å²) < 4.78 is 55.4. The molecule has 9 nitrogen and oxygen atoms in total. The van der Waals surface area contributed by atoms with E-state index in [1.54, 1.807) is 13.8 Å². The van der Waals surface area contributed by atoms with E-state index in [0.717, 1.165) is 13.0 Å². The van der Waals surface area contributed by atoms with Gasteiger partial charge in [0, 0.05) is 23.9 Å². The Balaban J connectivity index is 2.14. The lowest BCUT2D eigenvalue weighted by atomic mass is 9.96. The molecule has 176 valence electrons. The van der Waals surface area contributed by atoms with Gasteiger partial charge in [-0.15, -0.1) is 10.1 Å². The van der Waals surface area contributed by atoms with E-state index in [2.05, 4.69) is 4.84 Å². The summed E-state index contributed by atoms with van der Waals surface area (Å²) in [7, 11) is 0. The zero-order chi connectivity index (χ0) is 24.2. The summed E-state index contributed by atoms with van der Waals surface area (Å²) in [6, 6.07) is 1.34. The number of ether oxygens (including phenoxy) is 3. The molecular formula is C19H19ClF3NO8. The van der Waals surface area contributed by atoms with Crippen LogP contribution < -0.4 is 4.74 Å². The summed E-state index contributed by atoms with van der Waals surface area (Å²) >= 11 is 6.15. The van der Waals surface area contributed by atoms with Crippen LogP contribution in [0.5, 0.6) is 5.75 Å². The maximum Gasteiger partial charge on any atom is 0.430 e. The molecule has 1 aliphatic rings. The van der Waals surface area contributed by atoms with Crippen LogP contribution >= 0.6 is 11.6 Å². The Morgan fingerprint density at radius 2 is 1.97 bits per heavy atom. The normalized spacial score (nSPS) is 16.2. The van der Waals surface area contributed by atoms with Gasteiger partial charge >= 0.3 is 18.1 Å². The van der Waals surface area contributed by atoms with Crippen molar-refractivity contribution < 1.29 is 46.9 Å². The van der Waals surface area contributed by atoms with Crippen LogP contribution in [0, 0.1) is 24.0 Å². The van der Waals surface area contributed by atoms with E-state index in [-0.39, 0.29) is 30.8 Å². The van der Waals surface area contributed by atoms with Gasteiger partial charge < -0.3 is 19.0 Å². The maximum atomic E-state index is 13.6. The zero-order valence-corrected chi connectivity index (χ0v) is 17.9. The van der Waals surface area contributed by atoms with Crippen LogP contribution in [-0.2, 0) is 23.9 Å². The van der Waals surface area contributed by atoms with Crippen molar-refractivity contribution >= 4 is 29.6 Å². The minimum atomic E-state index is -4.93. The van der Waals surface area contributed by atoms with Crippen molar-refractivity contribution in [3.05, 3.63) is 43.5 Å². The molecule has 0 N–H and O–H groups in total. The van der Waals surface area contributed by atoms with Crippen LogP contribution in [0.25, 0.3) is 6.08 Å². The first-order valence-corrected chi connectivity index (χ1v) is 9.61. The lowest BCUT2D eigenvalue weighted by Crippen LogP contribution is -2.41. The van der Waals surface area contributed by atoms with Crippen molar-refractivity contribution in [1.29, 1.82) is 0 Å². The molecule has 0 aromatic heterocycles. The molecular weight excluding hydrogens is 463 g/mol. The smallest absolute Gasteiger partial charge is 0.430 e. The SMILES string of the molecule is Cc1cc2c(c(C)c1Cl)C=C(C(=O)OC(C)OC(=O)CCCO[N+](=O)[O-])C(C(F)(F)F)O2. The van der Waals surface area contributed by atoms with Crippen molar-refractivity contribution in [2.24, 2.45) is 0 Å². The highest BCUT2D eigenvalue weighted by molar-refractivity contribution is 6.32. The Morgan fingerprint density at radius 1 is 1.31 bits per heavy atom. The van der Waals surface area contributed by atoms with E-state index in [0.29, 0.717) is 16.1 Å². The molecule has 0 spiro atoms. The van der Waals surface area contributed by atoms with Crippen LogP contribution in [-0.4, -0.2) is 42.2 Å². The van der Waals surface area contributed by atoms with E-state index < -0.39 is 41.2 Å². The molecule has 2 rings (SSSR count). The second kappa shape index (κ2) is 10.1. The number of aryl methyl sites for hydroxylation is 1. The molecule has 0 bridgehead atoms. The molecule has 0 aliphatic carbocycles. The van der Waals surface area contributed by atoms with Gasteiger partial charge in [0.2, 0.25) is 12.4 Å². The van der Waals surface area contributed by atoms with Gasteiger partial charge in [-0.05, 0) is 43.5 Å². The molecule has 2 unspecified atom stereocenters. The van der Waals surface area contributed by atoms with Crippen molar-refractivity contribution in [2.75, 3.05) is 6.61 Å². The van der Waals surface area contributed by atoms with Gasteiger partial charge in [0.05, 0.1) is 12.2 Å². The Bertz CT molecular complexity index is 947. The quantitative estimate of drug-likeness (QED) is 0.179. The van der Waals surface area contributed by atoms with Crippen LogP contribution in [0.3, 0.4) is 0 Å². The van der Waals surface area contributed by atoms with Gasteiger partial charge in [-0.2, -0.15) is 13.2 Å². The van der Waals surface area contributed by atoms with Crippen molar-refractivity contribution in [3.8, 4) is 5.75 Å². The molecule has 0 saturated heterocycles. The molecule has 1 aromatic carbocycles. The second-order valence-corrected chi connectivity index (χ2v) is 7.18. The predicted molar refractivity (Wildman–Crippen MR) is 103 cm³/mol. The molecule has 32 heavy (non-hydrogen) atoms. The van der Waals surface area contributed by atoms with Gasteiger partial charge in [-0.1, -0.05) is 11.6 Å². The van der Waals surface area contributed by atoms with Crippen molar-refractivity contribution in [1.82, 2.24) is 0 Å². The predicted octanol–water partition coefficient (Wildman–Crippen LogP) is 4.08. The number of benzene rings is 1. The number of nitrogens with zero attached hydrogens (tertiary/aromatic N) is 1. The third kappa shape index (κ3) is 6.25. The second-order valence-electron chi connectivity index (χ2n) is 6.81. The summed E-state index contributed by atoms with van der Waals surface area (Å²) in [5.74, 6) is -2.37. The van der Waals surface area contributed by atoms with Gasteiger partial charge in [-0.25, -0.2) is 4.79 Å². The number of esters is 2. The highest BCUT2D eigenvalue weighted by Crippen LogP contribution is 2.41. The van der Waals surface area contributed by atoms with E-state index in [1.807, 2.05) is 0 Å². The molecule has 1 aliphatic heterocycles. The fourth-order valence-corrected chi connectivity index (χ4v) is 3.04. The summed E-state index contributed by atoms with van der Waals surface area (Å²) in [5, 5.41) is 9.31. The highest BCUT2D eigenvalue weighted by atomic mass is 35.5. The summed E-state index contributed by atoms with van der Waals surface area (Å²) in [6.07, 6.45) is -8.40. The van der Waals surface area contributed by atoms with Crippen LogP contribution in [0.4, 0.5) is 13.2 Å². The van der Waals surface area contributed by atoms with Crippen LogP contribution in [0.2, 0.25) is 5.02 Å². The summed E-state index contributed by atoms with van der Waals surface area (Å²) in [6.45, 7) is 3.96. The molecule has 2 atom stereocenters. The van der Waals surface area contributed by atoms with E-state index in [1.165, 1.54) is 6.07 Å². The highest BCUT2D eigenvalue weighted by Gasteiger charge is 2.49. The number of halogens is 4. The Morgan fingerprint density at radius 3 is 2.56 bits per heavy atom. The zero-order valence-electron chi connectivity index (χ0n) is 17.2. The fourth-order valence-electron chi connectivity index (χ4n) is 2.89. The first-order chi connectivity index (χ1) is 14.8. The van der Waals surface area contributed by atoms with E-state index in [9.17, 15) is 32.9 Å². The number of hydrogen-bond donors (Lipinski definition) is 0. The van der Waals surface area contributed by atoms with Crippen LogP contribution in [0.1, 0.15) is 36.5 Å².